The zero-order valence-corrected chi connectivity index (χ0v) is 14.3. The second-order valence-corrected chi connectivity index (χ2v) is 5.31. The van der Waals surface area contributed by atoms with E-state index in [4.69, 9.17) is 11.6 Å². The summed E-state index contributed by atoms with van der Waals surface area (Å²) >= 11 is 6.30. The predicted octanol–water partition coefficient (Wildman–Crippen LogP) is 5.74. The molecule has 0 aliphatic heterocycles. The Morgan fingerprint density at radius 2 is 1.33 bits per heavy atom. The molecule has 0 aliphatic carbocycles. The van der Waals surface area contributed by atoms with Crippen LogP contribution < -0.4 is 5.06 Å². The van der Waals surface area contributed by atoms with E-state index in [0.717, 1.165) is 10.8 Å². The molecule has 3 aromatic rings. The van der Waals surface area contributed by atoms with Gasteiger partial charge >= 0.3 is 0 Å². The summed E-state index contributed by atoms with van der Waals surface area (Å²) in [6.07, 6.45) is 0. The topological polar surface area (TPSA) is 35.8 Å². The lowest BCUT2D eigenvalue weighted by Gasteiger charge is -2.20. The molecule has 3 aromatic carbocycles. The standard InChI is InChI=1S/C19H15ClN2O.ClH/c20-18-14-8-7-13-17(18)19(21-15-9-3-1-4-10-15)22(23)16-11-5-2-6-12-16;/h1-14,23H;1H. The van der Waals surface area contributed by atoms with Crippen molar-refractivity contribution in [3.63, 3.8) is 0 Å². The van der Waals surface area contributed by atoms with Crippen molar-refractivity contribution in [1.29, 1.82) is 0 Å². The Balaban J connectivity index is 0.00000208. The van der Waals surface area contributed by atoms with Crippen LogP contribution in [0.4, 0.5) is 11.4 Å². The van der Waals surface area contributed by atoms with Crippen LogP contribution >= 0.6 is 24.0 Å². The maximum Gasteiger partial charge on any atom is 0.167 e. The van der Waals surface area contributed by atoms with Gasteiger partial charge in [-0.05, 0) is 36.4 Å². The Morgan fingerprint density at radius 3 is 1.96 bits per heavy atom. The van der Waals surface area contributed by atoms with Crippen molar-refractivity contribution in [2.45, 2.75) is 0 Å². The Hall–Kier alpha value is -2.33. The third-order valence-corrected chi connectivity index (χ3v) is 3.64. The van der Waals surface area contributed by atoms with Crippen molar-refractivity contribution in [2.75, 3.05) is 5.06 Å². The summed E-state index contributed by atoms with van der Waals surface area (Å²) in [6.45, 7) is 0. The van der Waals surface area contributed by atoms with E-state index in [1.54, 1.807) is 18.2 Å². The number of rotatable bonds is 3. The van der Waals surface area contributed by atoms with Crippen LogP contribution in [-0.2, 0) is 0 Å². The third-order valence-electron chi connectivity index (χ3n) is 3.31. The van der Waals surface area contributed by atoms with Gasteiger partial charge in [0.25, 0.3) is 0 Å². The fourth-order valence-electron chi connectivity index (χ4n) is 2.18. The first-order valence-electron chi connectivity index (χ1n) is 7.18. The first-order valence-corrected chi connectivity index (χ1v) is 7.56. The zero-order valence-electron chi connectivity index (χ0n) is 12.7. The quantitative estimate of drug-likeness (QED) is 0.368. The van der Waals surface area contributed by atoms with Gasteiger partial charge in [-0.25, -0.2) is 10.1 Å². The molecule has 0 fully saturated rings. The van der Waals surface area contributed by atoms with E-state index in [1.807, 2.05) is 66.7 Å². The lowest BCUT2D eigenvalue weighted by Crippen LogP contribution is -2.28. The van der Waals surface area contributed by atoms with Gasteiger partial charge in [-0.1, -0.05) is 60.1 Å². The largest absolute Gasteiger partial charge is 0.282 e. The van der Waals surface area contributed by atoms with E-state index in [-0.39, 0.29) is 12.4 Å². The van der Waals surface area contributed by atoms with Crippen molar-refractivity contribution < 1.29 is 5.21 Å². The molecule has 0 bridgehead atoms. The number of hydrogen-bond acceptors (Lipinski definition) is 2. The number of amidine groups is 1. The Labute approximate surface area is 152 Å². The molecule has 0 saturated heterocycles. The number of nitrogens with zero attached hydrogens (tertiary/aromatic N) is 2. The molecule has 0 aromatic heterocycles. The minimum Gasteiger partial charge on any atom is -0.282 e. The number of hydrogen-bond donors (Lipinski definition) is 1. The monoisotopic (exact) mass is 358 g/mol. The summed E-state index contributed by atoms with van der Waals surface area (Å²) in [5, 5.41) is 12.2. The van der Waals surface area contributed by atoms with Crippen molar-refractivity contribution in [1.82, 2.24) is 0 Å². The average molecular weight is 359 g/mol. The van der Waals surface area contributed by atoms with E-state index in [1.165, 1.54) is 0 Å². The summed E-state index contributed by atoms with van der Waals surface area (Å²) < 4.78 is 0. The molecule has 0 unspecified atom stereocenters. The van der Waals surface area contributed by atoms with Gasteiger partial charge in [0.2, 0.25) is 0 Å². The summed E-state index contributed by atoms with van der Waals surface area (Å²) in [5.41, 5.74) is 2.00. The molecule has 1 N–H and O–H groups in total. The Morgan fingerprint density at radius 1 is 0.792 bits per heavy atom. The highest BCUT2D eigenvalue weighted by Crippen LogP contribution is 2.23. The van der Waals surface area contributed by atoms with Crippen LogP contribution in [-0.4, -0.2) is 11.0 Å². The van der Waals surface area contributed by atoms with Crippen LogP contribution in [0.15, 0.2) is 89.9 Å². The molecule has 0 aliphatic rings. The van der Waals surface area contributed by atoms with Gasteiger partial charge in [0, 0.05) is 5.56 Å². The summed E-state index contributed by atoms with van der Waals surface area (Å²) in [7, 11) is 0. The fraction of sp³-hybridized carbons (Fsp3) is 0. The highest BCUT2D eigenvalue weighted by Gasteiger charge is 2.16. The predicted molar refractivity (Wildman–Crippen MR) is 102 cm³/mol. The maximum absolute atomic E-state index is 10.7. The molecule has 0 atom stereocenters. The number of benzene rings is 3. The lowest BCUT2D eigenvalue weighted by molar-refractivity contribution is 0.313. The second kappa shape index (κ2) is 8.50. The minimum atomic E-state index is 0. The van der Waals surface area contributed by atoms with Gasteiger partial charge in [-0.15, -0.1) is 12.4 Å². The van der Waals surface area contributed by atoms with Gasteiger partial charge in [-0.3, -0.25) is 5.21 Å². The second-order valence-electron chi connectivity index (χ2n) is 4.90. The molecule has 5 heteroatoms. The molecule has 0 amide bonds. The van der Waals surface area contributed by atoms with Crippen molar-refractivity contribution in [2.24, 2.45) is 4.99 Å². The van der Waals surface area contributed by atoms with Gasteiger partial charge in [0.1, 0.15) is 0 Å². The molecular weight excluding hydrogens is 343 g/mol. The van der Waals surface area contributed by atoms with Crippen LogP contribution in [0.5, 0.6) is 0 Å². The molecule has 0 heterocycles. The van der Waals surface area contributed by atoms with E-state index in [2.05, 4.69) is 4.99 Å². The fourth-order valence-corrected chi connectivity index (χ4v) is 2.40. The first-order chi connectivity index (χ1) is 11.3. The van der Waals surface area contributed by atoms with Crippen LogP contribution in [0, 0.1) is 0 Å². The summed E-state index contributed by atoms with van der Waals surface area (Å²) in [6, 6.07) is 26.0. The SMILES string of the molecule is Cl.ON(C(=Nc1ccccc1)c1ccccc1Cl)c1ccccc1. The number of anilines is 1. The number of para-hydroxylation sites is 2. The molecule has 24 heavy (non-hydrogen) atoms. The summed E-state index contributed by atoms with van der Waals surface area (Å²) in [5.74, 6) is 0.369. The van der Waals surface area contributed by atoms with E-state index >= 15 is 0 Å². The highest BCUT2D eigenvalue weighted by atomic mass is 35.5. The first kappa shape index (κ1) is 18.0. The van der Waals surface area contributed by atoms with Gasteiger partial charge in [-0.2, -0.15) is 0 Å². The smallest absolute Gasteiger partial charge is 0.167 e. The number of halogens is 2. The lowest BCUT2D eigenvalue weighted by atomic mass is 10.2. The van der Waals surface area contributed by atoms with Crippen molar-refractivity contribution >= 4 is 41.2 Å². The Kier molecular flexibility index (Phi) is 6.38. The molecule has 3 nitrogen and oxygen atoms in total. The molecule has 0 radical (unpaired) electrons. The van der Waals surface area contributed by atoms with E-state index in [9.17, 15) is 5.21 Å². The maximum atomic E-state index is 10.7. The number of hydroxylamine groups is 1. The normalized spacial score (nSPS) is 10.8. The molecule has 0 spiro atoms. The zero-order chi connectivity index (χ0) is 16.1. The van der Waals surface area contributed by atoms with Gasteiger partial charge < -0.3 is 0 Å². The van der Waals surface area contributed by atoms with E-state index < -0.39 is 0 Å². The molecular formula is C19H16Cl2N2O. The Bertz CT molecular complexity index is 808. The molecule has 3 rings (SSSR count). The van der Waals surface area contributed by atoms with Crippen molar-refractivity contribution in [3.8, 4) is 0 Å². The average Bonchev–Trinajstić information content (AvgIpc) is 2.61. The molecule has 0 saturated carbocycles. The van der Waals surface area contributed by atoms with E-state index in [0.29, 0.717) is 22.1 Å². The van der Waals surface area contributed by atoms with Crippen LogP contribution in [0.2, 0.25) is 5.02 Å². The molecule has 122 valence electrons. The summed E-state index contributed by atoms with van der Waals surface area (Å²) in [4.78, 5) is 4.57. The highest BCUT2D eigenvalue weighted by molar-refractivity contribution is 6.35. The van der Waals surface area contributed by atoms with Crippen LogP contribution in [0.25, 0.3) is 0 Å². The van der Waals surface area contributed by atoms with Crippen LogP contribution in [0.1, 0.15) is 5.56 Å². The third kappa shape index (κ3) is 4.15. The van der Waals surface area contributed by atoms with Gasteiger partial charge in [0.05, 0.1) is 16.4 Å². The van der Waals surface area contributed by atoms with Crippen LogP contribution in [0.3, 0.4) is 0 Å². The number of aliphatic imine (C=N–C) groups is 1. The van der Waals surface area contributed by atoms with Gasteiger partial charge in [0.15, 0.2) is 5.84 Å². The minimum absolute atomic E-state index is 0. The van der Waals surface area contributed by atoms with Crippen molar-refractivity contribution in [3.05, 3.63) is 95.5 Å².